The standard InChI is InChI=1S/C14H15ClN2/c1-9-16-13-8-11(10-4-2-3-5-10)6-7-12(13)14(15)17-9/h6-8,10H,2-5H2,1H3. The fourth-order valence-corrected chi connectivity index (χ4v) is 3.01. The van der Waals surface area contributed by atoms with Gasteiger partial charge in [-0.3, -0.25) is 0 Å². The van der Waals surface area contributed by atoms with E-state index in [9.17, 15) is 0 Å². The van der Waals surface area contributed by atoms with Crippen LogP contribution in [0.5, 0.6) is 0 Å². The number of aromatic nitrogens is 2. The van der Waals surface area contributed by atoms with Gasteiger partial charge in [0.2, 0.25) is 0 Å². The highest BCUT2D eigenvalue weighted by molar-refractivity contribution is 6.34. The molecule has 2 aromatic rings. The first kappa shape index (κ1) is 11.0. The first-order valence-electron chi connectivity index (χ1n) is 6.18. The molecule has 0 radical (unpaired) electrons. The SMILES string of the molecule is Cc1nc(Cl)c2ccc(C3CCCC3)cc2n1. The zero-order valence-electron chi connectivity index (χ0n) is 9.91. The number of fused-ring (bicyclic) bond motifs is 1. The van der Waals surface area contributed by atoms with Crippen LogP contribution in [0.1, 0.15) is 43.0 Å². The second kappa shape index (κ2) is 4.26. The molecule has 0 amide bonds. The van der Waals surface area contributed by atoms with Gasteiger partial charge in [0.15, 0.2) is 0 Å². The fraction of sp³-hybridized carbons (Fsp3) is 0.429. The van der Waals surface area contributed by atoms with Crippen LogP contribution in [0.25, 0.3) is 10.9 Å². The molecule has 1 aromatic heterocycles. The zero-order chi connectivity index (χ0) is 11.8. The van der Waals surface area contributed by atoms with Gasteiger partial charge in [-0.2, -0.15) is 0 Å². The normalized spacial score (nSPS) is 16.8. The van der Waals surface area contributed by atoms with Crippen LogP contribution < -0.4 is 0 Å². The fourth-order valence-electron chi connectivity index (χ4n) is 2.73. The van der Waals surface area contributed by atoms with E-state index in [-0.39, 0.29) is 0 Å². The van der Waals surface area contributed by atoms with Gasteiger partial charge in [-0.25, -0.2) is 9.97 Å². The molecule has 1 heterocycles. The molecule has 1 fully saturated rings. The topological polar surface area (TPSA) is 25.8 Å². The summed E-state index contributed by atoms with van der Waals surface area (Å²) in [5.74, 6) is 1.46. The van der Waals surface area contributed by atoms with E-state index in [1.807, 2.05) is 6.92 Å². The number of benzene rings is 1. The van der Waals surface area contributed by atoms with E-state index in [4.69, 9.17) is 11.6 Å². The van der Waals surface area contributed by atoms with Crippen LogP contribution >= 0.6 is 11.6 Å². The Balaban J connectivity index is 2.11. The Morgan fingerprint density at radius 3 is 2.71 bits per heavy atom. The van der Waals surface area contributed by atoms with Crippen molar-refractivity contribution in [2.24, 2.45) is 0 Å². The number of halogens is 1. The van der Waals surface area contributed by atoms with Crippen LogP contribution in [0, 0.1) is 6.92 Å². The summed E-state index contributed by atoms with van der Waals surface area (Å²) >= 11 is 6.12. The minimum Gasteiger partial charge on any atom is -0.233 e. The summed E-state index contributed by atoms with van der Waals surface area (Å²) < 4.78 is 0. The predicted molar refractivity (Wildman–Crippen MR) is 70.5 cm³/mol. The number of nitrogens with zero attached hydrogens (tertiary/aromatic N) is 2. The van der Waals surface area contributed by atoms with Gasteiger partial charge < -0.3 is 0 Å². The minimum atomic E-state index is 0.561. The molecule has 0 atom stereocenters. The van der Waals surface area contributed by atoms with E-state index < -0.39 is 0 Å². The first-order chi connectivity index (χ1) is 8.24. The highest BCUT2D eigenvalue weighted by Crippen LogP contribution is 2.35. The highest BCUT2D eigenvalue weighted by atomic mass is 35.5. The summed E-state index contributed by atoms with van der Waals surface area (Å²) in [5, 5.41) is 1.52. The van der Waals surface area contributed by atoms with Crippen LogP contribution in [0.4, 0.5) is 0 Å². The van der Waals surface area contributed by atoms with Gasteiger partial charge in [0.25, 0.3) is 0 Å². The highest BCUT2D eigenvalue weighted by Gasteiger charge is 2.17. The average Bonchev–Trinajstić information content (AvgIpc) is 2.81. The Hall–Kier alpha value is -1.15. The lowest BCUT2D eigenvalue weighted by molar-refractivity contribution is 0.724. The molecule has 0 spiro atoms. The number of rotatable bonds is 1. The molecule has 0 saturated heterocycles. The van der Waals surface area contributed by atoms with Gasteiger partial charge in [-0.05, 0) is 43.4 Å². The third-order valence-electron chi connectivity index (χ3n) is 3.61. The third kappa shape index (κ3) is 2.02. The molecule has 3 rings (SSSR count). The van der Waals surface area contributed by atoms with Gasteiger partial charge in [-0.15, -0.1) is 0 Å². The van der Waals surface area contributed by atoms with E-state index in [1.165, 1.54) is 31.2 Å². The van der Waals surface area contributed by atoms with Gasteiger partial charge >= 0.3 is 0 Å². The molecule has 1 aliphatic carbocycles. The average molecular weight is 247 g/mol. The number of hydrogen-bond donors (Lipinski definition) is 0. The Labute approximate surface area is 106 Å². The largest absolute Gasteiger partial charge is 0.233 e. The summed E-state index contributed by atoms with van der Waals surface area (Å²) in [5.41, 5.74) is 2.39. The molecule has 3 heteroatoms. The van der Waals surface area contributed by atoms with Crippen molar-refractivity contribution in [3.63, 3.8) is 0 Å². The second-order valence-corrected chi connectivity index (χ2v) is 5.18. The third-order valence-corrected chi connectivity index (χ3v) is 3.90. The van der Waals surface area contributed by atoms with Crippen molar-refractivity contribution in [1.82, 2.24) is 9.97 Å². The second-order valence-electron chi connectivity index (χ2n) is 4.82. The van der Waals surface area contributed by atoms with Crippen LogP contribution in [0.3, 0.4) is 0 Å². The monoisotopic (exact) mass is 246 g/mol. The molecule has 0 unspecified atom stereocenters. The predicted octanol–water partition coefficient (Wildman–Crippen LogP) is 4.25. The van der Waals surface area contributed by atoms with Crippen molar-refractivity contribution < 1.29 is 0 Å². The quantitative estimate of drug-likeness (QED) is 0.703. The summed E-state index contributed by atoms with van der Waals surface area (Å²) in [7, 11) is 0. The van der Waals surface area contributed by atoms with Crippen LogP contribution in [0.15, 0.2) is 18.2 Å². The van der Waals surface area contributed by atoms with Gasteiger partial charge in [0.05, 0.1) is 5.52 Å². The molecule has 0 aliphatic heterocycles. The van der Waals surface area contributed by atoms with E-state index in [2.05, 4.69) is 28.2 Å². The molecular formula is C14H15ClN2. The Morgan fingerprint density at radius 2 is 1.94 bits per heavy atom. The lowest BCUT2D eigenvalue weighted by atomic mass is 9.97. The molecule has 2 nitrogen and oxygen atoms in total. The zero-order valence-corrected chi connectivity index (χ0v) is 10.7. The van der Waals surface area contributed by atoms with E-state index in [1.54, 1.807) is 0 Å². The number of hydrogen-bond acceptors (Lipinski definition) is 2. The lowest BCUT2D eigenvalue weighted by Gasteiger charge is -2.10. The van der Waals surface area contributed by atoms with Gasteiger partial charge in [0.1, 0.15) is 11.0 Å². The minimum absolute atomic E-state index is 0.561. The maximum Gasteiger partial charge on any atom is 0.140 e. The summed E-state index contributed by atoms with van der Waals surface area (Å²) in [6.07, 6.45) is 5.32. The Morgan fingerprint density at radius 1 is 1.18 bits per heavy atom. The Kier molecular flexibility index (Phi) is 2.75. The Bertz CT molecular complexity index is 559. The first-order valence-corrected chi connectivity index (χ1v) is 6.55. The van der Waals surface area contributed by atoms with Crippen molar-refractivity contribution in [2.45, 2.75) is 38.5 Å². The van der Waals surface area contributed by atoms with Crippen molar-refractivity contribution >= 4 is 22.5 Å². The maximum atomic E-state index is 6.12. The van der Waals surface area contributed by atoms with E-state index in [0.717, 1.165) is 16.7 Å². The molecule has 1 aromatic carbocycles. The maximum absolute atomic E-state index is 6.12. The van der Waals surface area contributed by atoms with Crippen molar-refractivity contribution in [3.8, 4) is 0 Å². The smallest absolute Gasteiger partial charge is 0.140 e. The van der Waals surface area contributed by atoms with Crippen LogP contribution in [0.2, 0.25) is 5.15 Å². The molecule has 1 aliphatic rings. The summed E-state index contributed by atoms with van der Waals surface area (Å²) in [4.78, 5) is 8.66. The number of aryl methyl sites for hydroxylation is 1. The molecule has 0 bridgehead atoms. The van der Waals surface area contributed by atoms with Crippen molar-refractivity contribution in [3.05, 3.63) is 34.7 Å². The molecule has 0 N–H and O–H groups in total. The molecule has 1 saturated carbocycles. The summed E-state index contributed by atoms with van der Waals surface area (Å²) in [6.45, 7) is 1.88. The van der Waals surface area contributed by atoms with Crippen LogP contribution in [-0.2, 0) is 0 Å². The molecular weight excluding hydrogens is 232 g/mol. The lowest BCUT2D eigenvalue weighted by Crippen LogP contribution is -1.95. The van der Waals surface area contributed by atoms with Gasteiger partial charge in [0, 0.05) is 5.39 Å². The van der Waals surface area contributed by atoms with Crippen molar-refractivity contribution in [2.75, 3.05) is 0 Å². The van der Waals surface area contributed by atoms with E-state index >= 15 is 0 Å². The summed E-state index contributed by atoms with van der Waals surface area (Å²) in [6, 6.07) is 6.43. The van der Waals surface area contributed by atoms with Gasteiger partial charge in [-0.1, -0.05) is 30.5 Å². The molecule has 88 valence electrons. The van der Waals surface area contributed by atoms with Crippen molar-refractivity contribution in [1.29, 1.82) is 0 Å². The van der Waals surface area contributed by atoms with E-state index in [0.29, 0.717) is 11.1 Å². The molecule has 17 heavy (non-hydrogen) atoms. The van der Waals surface area contributed by atoms with Crippen LogP contribution in [-0.4, -0.2) is 9.97 Å².